The lowest BCUT2D eigenvalue weighted by Gasteiger charge is -2.06. The van der Waals surface area contributed by atoms with Crippen LogP contribution in [0, 0.1) is 0 Å². The summed E-state index contributed by atoms with van der Waals surface area (Å²) in [5.74, 6) is 0.807. The van der Waals surface area contributed by atoms with Crippen molar-refractivity contribution in [2.45, 2.75) is 6.92 Å². The van der Waals surface area contributed by atoms with Gasteiger partial charge in [-0.3, -0.25) is 0 Å². The van der Waals surface area contributed by atoms with E-state index in [4.69, 9.17) is 11.6 Å². The van der Waals surface area contributed by atoms with Gasteiger partial charge in [0.25, 0.3) is 0 Å². The maximum atomic E-state index is 11.4. The Labute approximate surface area is 114 Å². The van der Waals surface area contributed by atoms with E-state index in [1.807, 2.05) is 11.4 Å². The van der Waals surface area contributed by atoms with E-state index in [-0.39, 0.29) is 16.8 Å². The zero-order valence-corrected chi connectivity index (χ0v) is 12.1. The van der Waals surface area contributed by atoms with Gasteiger partial charge in [0, 0.05) is 12.3 Å². The van der Waals surface area contributed by atoms with Crippen LogP contribution in [-0.2, 0) is 9.84 Å². The molecule has 0 saturated heterocycles. The van der Waals surface area contributed by atoms with E-state index in [9.17, 15) is 8.42 Å². The normalized spacial score (nSPS) is 11.9. The summed E-state index contributed by atoms with van der Waals surface area (Å²) in [6, 6.07) is 1.88. The SMILES string of the molecule is CCS(=O)(=O)CCNc1nc(Cl)nc2sccc12. The minimum atomic E-state index is -2.98. The van der Waals surface area contributed by atoms with Crippen molar-refractivity contribution in [3.05, 3.63) is 16.7 Å². The van der Waals surface area contributed by atoms with Crippen molar-refractivity contribution in [1.29, 1.82) is 0 Å². The van der Waals surface area contributed by atoms with E-state index in [2.05, 4.69) is 15.3 Å². The minimum Gasteiger partial charge on any atom is -0.368 e. The fraction of sp³-hybridized carbons (Fsp3) is 0.400. The average molecular weight is 306 g/mol. The molecule has 0 aliphatic rings. The van der Waals surface area contributed by atoms with Gasteiger partial charge in [0.2, 0.25) is 5.28 Å². The molecule has 0 bridgehead atoms. The standard InChI is InChI=1S/C10H12ClN3O2S2/c1-2-18(15,16)6-4-12-8-7-3-5-17-9(7)14-10(11)13-8/h3,5H,2,4,6H2,1H3,(H,12,13,14). The number of halogens is 1. The van der Waals surface area contributed by atoms with E-state index in [0.717, 1.165) is 10.2 Å². The largest absolute Gasteiger partial charge is 0.368 e. The maximum Gasteiger partial charge on any atom is 0.225 e. The van der Waals surface area contributed by atoms with Crippen molar-refractivity contribution in [3.63, 3.8) is 0 Å². The Morgan fingerprint density at radius 3 is 2.94 bits per heavy atom. The third kappa shape index (κ3) is 3.09. The smallest absolute Gasteiger partial charge is 0.225 e. The lowest BCUT2D eigenvalue weighted by Crippen LogP contribution is -2.17. The molecule has 0 unspecified atom stereocenters. The number of anilines is 1. The molecule has 0 aromatic carbocycles. The number of aromatic nitrogens is 2. The molecule has 2 rings (SSSR count). The lowest BCUT2D eigenvalue weighted by atomic mass is 10.4. The molecule has 18 heavy (non-hydrogen) atoms. The molecule has 0 atom stereocenters. The first-order valence-corrected chi connectivity index (χ1v) is 8.45. The number of hydrogen-bond acceptors (Lipinski definition) is 6. The highest BCUT2D eigenvalue weighted by Crippen LogP contribution is 2.26. The topological polar surface area (TPSA) is 72.0 Å². The predicted molar refractivity (Wildman–Crippen MR) is 75.2 cm³/mol. The van der Waals surface area contributed by atoms with Gasteiger partial charge in [-0.05, 0) is 23.0 Å². The summed E-state index contributed by atoms with van der Waals surface area (Å²) < 4.78 is 22.7. The second kappa shape index (κ2) is 5.38. The number of fused-ring (bicyclic) bond motifs is 1. The number of rotatable bonds is 5. The van der Waals surface area contributed by atoms with Gasteiger partial charge in [0.15, 0.2) is 9.84 Å². The highest BCUT2D eigenvalue weighted by atomic mass is 35.5. The minimum absolute atomic E-state index is 0.0801. The molecule has 0 aliphatic carbocycles. The molecule has 0 aliphatic heterocycles. The van der Waals surface area contributed by atoms with Crippen LogP contribution in [0.15, 0.2) is 11.4 Å². The first-order chi connectivity index (χ1) is 8.52. The van der Waals surface area contributed by atoms with Crippen molar-refractivity contribution in [2.75, 3.05) is 23.4 Å². The van der Waals surface area contributed by atoms with Gasteiger partial charge in [-0.15, -0.1) is 11.3 Å². The molecule has 0 saturated carbocycles. The summed E-state index contributed by atoms with van der Waals surface area (Å²) in [5.41, 5.74) is 0. The number of nitrogens with one attached hydrogen (secondary N) is 1. The second-order valence-electron chi connectivity index (χ2n) is 3.64. The van der Waals surface area contributed by atoms with Crippen LogP contribution in [0.3, 0.4) is 0 Å². The van der Waals surface area contributed by atoms with Gasteiger partial charge in [-0.2, -0.15) is 0 Å². The average Bonchev–Trinajstić information content (AvgIpc) is 2.76. The third-order valence-electron chi connectivity index (χ3n) is 2.44. The number of sulfone groups is 1. The fourth-order valence-corrected chi connectivity index (χ4v) is 3.12. The van der Waals surface area contributed by atoms with Crippen LogP contribution in [-0.4, -0.2) is 36.4 Å². The molecule has 0 radical (unpaired) electrons. The Morgan fingerprint density at radius 2 is 2.22 bits per heavy atom. The summed E-state index contributed by atoms with van der Waals surface area (Å²) >= 11 is 7.27. The third-order valence-corrected chi connectivity index (χ3v) is 5.12. The molecule has 2 heterocycles. The van der Waals surface area contributed by atoms with Crippen LogP contribution in [0.5, 0.6) is 0 Å². The molecule has 2 aromatic rings. The Balaban J connectivity index is 2.14. The number of thiophene rings is 1. The van der Waals surface area contributed by atoms with Crippen molar-refractivity contribution < 1.29 is 8.42 Å². The van der Waals surface area contributed by atoms with Crippen LogP contribution in [0.25, 0.3) is 10.2 Å². The van der Waals surface area contributed by atoms with Crippen molar-refractivity contribution in [3.8, 4) is 0 Å². The van der Waals surface area contributed by atoms with Gasteiger partial charge < -0.3 is 5.32 Å². The maximum absolute atomic E-state index is 11.4. The first-order valence-electron chi connectivity index (χ1n) is 5.37. The van der Waals surface area contributed by atoms with Crippen LogP contribution in [0.2, 0.25) is 5.28 Å². The summed E-state index contributed by atoms with van der Waals surface area (Å²) in [4.78, 5) is 8.95. The van der Waals surface area contributed by atoms with Crippen molar-refractivity contribution in [1.82, 2.24) is 9.97 Å². The van der Waals surface area contributed by atoms with Gasteiger partial charge in [0.05, 0.1) is 11.1 Å². The van der Waals surface area contributed by atoms with Crippen LogP contribution >= 0.6 is 22.9 Å². The molecule has 98 valence electrons. The number of hydrogen-bond donors (Lipinski definition) is 1. The van der Waals surface area contributed by atoms with Gasteiger partial charge in [-0.1, -0.05) is 6.92 Å². The zero-order chi connectivity index (χ0) is 13.2. The first kappa shape index (κ1) is 13.5. The zero-order valence-electron chi connectivity index (χ0n) is 9.68. The lowest BCUT2D eigenvalue weighted by molar-refractivity contribution is 0.597. The highest BCUT2D eigenvalue weighted by molar-refractivity contribution is 7.91. The molecule has 0 amide bonds. The molecule has 2 aromatic heterocycles. The molecular weight excluding hydrogens is 294 g/mol. The molecule has 5 nitrogen and oxygen atoms in total. The van der Waals surface area contributed by atoms with Crippen molar-refractivity contribution in [2.24, 2.45) is 0 Å². The van der Waals surface area contributed by atoms with Gasteiger partial charge in [-0.25, -0.2) is 18.4 Å². The summed E-state index contributed by atoms with van der Waals surface area (Å²) in [7, 11) is -2.98. The van der Waals surface area contributed by atoms with E-state index >= 15 is 0 Å². The van der Waals surface area contributed by atoms with Crippen molar-refractivity contribution >= 4 is 48.8 Å². The number of nitrogens with zero attached hydrogens (tertiary/aromatic N) is 2. The van der Waals surface area contributed by atoms with Gasteiger partial charge in [0.1, 0.15) is 10.6 Å². The van der Waals surface area contributed by atoms with Gasteiger partial charge >= 0.3 is 0 Å². The Kier molecular flexibility index (Phi) is 4.04. The monoisotopic (exact) mass is 305 g/mol. The predicted octanol–water partition coefficient (Wildman–Crippen LogP) is 2.19. The fourth-order valence-electron chi connectivity index (χ4n) is 1.43. The van der Waals surface area contributed by atoms with E-state index in [0.29, 0.717) is 12.4 Å². The molecule has 1 N–H and O–H groups in total. The van der Waals surface area contributed by atoms with Crippen LogP contribution in [0.1, 0.15) is 6.92 Å². The molecule has 0 spiro atoms. The second-order valence-corrected chi connectivity index (χ2v) is 7.35. The van der Waals surface area contributed by atoms with E-state index in [1.165, 1.54) is 11.3 Å². The molecular formula is C10H12ClN3O2S2. The van der Waals surface area contributed by atoms with Crippen LogP contribution in [0.4, 0.5) is 5.82 Å². The summed E-state index contributed by atoms with van der Waals surface area (Å²) in [6.45, 7) is 1.95. The Hall–Kier alpha value is -0.920. The summed E-state index contributed by atoms with van der Waals surface area (Å²) in [5, 5.41) is 5.91. The molecule has 8 heteroatoms. The quantitative estimate of drug-likeness (QED) is 0.857. The molecule has 0 fully saturated rings. The highest BCUT2D eigenvalue weighted by Gasteiger charge is 2.10. The van der Waals surface area contributed by atoms with E-state index in [1.54, 1.807) is 6.92 Å². The Morgan fingerprint density at radius 1 is 1.44 bits per heavy atom. The van der Waals surface area contributed by atoms with E-state index < -0.39 is 9.84 Å². The summed E-state index contributed by atoms with van der Waals surface area (Å²) in [6.07, 6.45) is 0. The Bertz CT molecular complexity index is 654. The van der Waals surface area contributed by atoms with Crippen LogP contribution < -0.4 is 5.32 Å².